The molecular weight excluding hydrogens is 246 g/mol. The molecule has 0 unspecified atom stereocenters. The number of carbonyl (C=O) groups excluding carboxylic acids is 1. The Morgan fingerprint density at radius 1 is 1.56 bits per heavy atom. The van der Waals surface area contributed by atoms with Gasteiger partial charge in [0.25, 0.3) is 11.8 Å². The predicted molar refractivity (Wildman–Crippen MR) is 61.8 cm³/mol. The summed E-state index contributed by atoms with van der Waals surface area (Å²) in [6.07, 6.45) is 0. The van der Waals surface area contributed by atoms with Gasteiger partial charge in [-0.25, -0.2) is 8.78 Å². The van der Waals surface area contributed by atoms with E-state index in [9.17, 15) is 13.6 Å². The van der Waals surface area contributed by atoms with E-state index in [1.54, 1.807) is 6.07 Å². The highest BCUT2D eigenvalue weighted by atomic mass is 19.3. The average molecular weight is 260 g/mol. The number of alkyl halides is 2. The minimum absolute atomic E-state index is 0.0445. The number of carbonyl (C=O) groups is 1. The maximum Gasteiger partial charge on any atom is 0.287 e. The number of ether oxygens (including phenoxy) is 1. The summed E-state index contributed by atoms with van der Waals surface area (Å²) in [7, 11) is 1.38. The van der Waals surface area contributed by atoms with E-state index >= 15 is 0 Å². The van der Waals surface area contributed by atoms with Crippen LogP contribution in [0.15, 0.2) is 18.2 Å². The Labute approximate surface area is 103 Å². The van der Waals surface area contributed by atoms with Crippen molar-refractivity contribution in [2.75, 3.05) is 26.0 Å². The van der Waals surface area contributed by atoms with E-state index in [1.807, 2.05) is 5.32 Å². The van der Waals surface area contributed by atoms with Gasteiger partial charge in [-0.15, -0.1) is 0 Å². The minimum atomic E-state index is -3.36. The first-order valence-corrected chi connectivity index (χ1v) is 5.10. The second kappa shape index (κ2) is 5.63. The van der Waals surface area contributed by atoms with Crippen LogP contribution in [0.3, 0.4) is 0 Å². The van der Waals surface area contributed by atoms with Gasteiger partial charge in [-0.2, -0.15) is 0 Å². The molecule has 0 aliphatic rings. The van der Waals surface area contributed by atoms with E-state index in [0.717, 1.165) is 0 Å². The summed E-state index contributed by atoms with van der Waals surface area (Å²) in [6, 6.07) is 4.47. The van der Waals surface area contributed by atoms with Gasteiger partial charge in [-0.1, -0.05) is 6.07 Å². The standard InChI is InChI=1S/C11H14F2N2O3/c1-18-8-4-2-3-7(9(8)14)10(17)15-5-11(12,13)6-16/h2-4,16H,5-6,14H2,1H3,(H,15,17). The lowest BCUT2D eigenvalue weighted by molar-refractivity contribution is -0.0461. The summed E-state index contributed by atoms with van der Waals surface area (Å²) >= 11 is 0. The van der Waals surface area contributed by atoms with Gasteiger partial charge in [-0.3, -0.25) is 4.79 Å². The minimum Gasteiger partial charge on any atom is -0.495 e. The Bertz CT molecular complexity index is 438. The molecular formula is C11H14F2N2O3. The largest absolute Gasteiger partial charge is 0.495 e. The molecule has 0 fully saturated rings. The van der Waals surface area contributed by atoms with Crippen molar-refractivity contribution in [1.82, 2.24) is 5.32 Å². The molecule has 0 aromatic heterocycles. The fourth-order valence-electron chi connectivity index (χ4n) is 1.28. The van der Waals surface area contributed by atoms with Gasteiger partial charge < -0.3 is 20.9 Å². The number of amides is 1. The van der Waals surface area contributed by atoms with Crippen molar-refractivity contribution in [3.05, 3.63) is 23.8 Å². The number of hydrogen-bond acceptors (Lipinski definition) is 4. The van der Waals surface area contributed by atoms with Crippen molar-refractivity contribution in [3.63, 3.8) is 0 Å². The number of halogens is 2. The summed E-state index contributed by atoms with van der Waals surface area (Å²) in [4.78, 5) is 11.6. The average Bonchev–Trinajstić information content (AvgIpc) is 2.36. The normalized spacial score (nSPS) is 11.1. The molecule has 0 saturated heterocycles. The number of para-hydroxylation sites is 1. The van der Waals surface area contributed by atoms with E-state index in [2.05, 4.69) is 0 Å². The van der Waals surface area contributed by atoms with Crippen LogP contribution in [0.4, 0.5) is 14.5 Å². The van der Waals surface area contributed by atoms with Crippen molar-refractivity contribution >= 4 is 11.6 Å². The lowest BCUT2D eigenvalue weighted by Crippen LogP contribution is -2.39. The van der Waals surface area contributed by atoms with Crippen molar-refractivity contribution < 1.29 is 23.4 Å². The zero-order valence-electron chi connectivity index (χ0n) is 9.74. The van der Waals surface area contributed by atoms with Crippen molar-refractivity contribution in [2.45, 2.75) is 5.92 Å². The Morgan fingerprint density at radius 3 is 2.78 bits per heavy atom. The number of hydrogen-bond donors (Lipinski definition) is 3. The molecule has 0 saturated carbocycles. The molecule has 0 bridgehead atoms. The third kappa shape index (κ3) is 3.30. The highest BCUT2D eigenvalue weighted by Crippen LogP contribution is 2.24. The smallest absolute Gasteiger partial charge is 0.287 e. The van der Waals surface area contributed by atoms with Crippen molar-refractivity contribution in [1.29, 1.82) is 0 Å². The van der Waals surface area contributed by atoms with Crippen LogP contribution in [-0.4, -0.2) is 37.2 Å². The van der Waals surface area contributed by atoms with Crippen LogP contribution in [-0.2, 0) is 0 Å². The van der Waals surface area contributed by atoms with Crippen LogP contribution >= 0.6 is 0 Å². The number of nitrogens with one attached hydrogen (secondary N) is 1. The van der Waals surface area contributed by atoms with Gasteiger partial charge in [0.2, 0.25) is 0 Å². The Morgan fingerprint density at radius 2 is 2.22 bits per heavy atom. The van der Waals surface area contributed by atoms with Crippen molar-refractivity contribution in [3.8, 4) is 5.75 Å². The summed E-state index contributed by atoms with van der Waals surface area (Å²) in [6.45, 7) is -2.29. The molecule has 1 amide bonds. The topological polar surface area (TPSA) is 84.6 Å². The van der Waals surface area contributed by atoms with E-state index in [-0.39, 0.29) is 17.0 Å². The van der Waals surface area contributed by atoms with Crippen molar-refractivity contribution in [2.24, 2.45) is 0 Å². The van der Waals surface area contributed by atoms with Gasteiger partial charge in [-0.05, 0) is 12.1 Å². The fraction of sp³-hybridized carbons (Fsp3) is 0.364. The number of nitrogen functional groups attached to an aromatic ring is 1. The maximum absolute atomic E-state index is 12.8. The van der Waals surface area contributed by atoms with Crippen LogP contribution in [0, 0.1) is 0 Å². The SMILES string of the molecule is COc1cccc(C(=O)NCC(F)(F)CO)c1N. The third-order valence-electron chi connectivity index (χ3n) is 2.27. The Balaban J connectivity index is 2.79. The molecule has 1 rings (SSSR count). The van der Waals surface area contributed by atoms with Gasteiger partial charge in [0, 0.05) is 0 Å². The number of methoxy groups -OCH3 is 1. The Kier molecular flexibility index (Phi) is 4.43. The number of nitrogens with two attached hydrogens (primary N) is 1. The van der Waals surface area contributed by atoms with Crippen LogP contribution < -0.4 is 15.8 Å². The summed E-state index contributed by atoms with van der Waals surface area (Å²) in [5.74, 6) is -3.82. The molecule has 0 radical (unpaired) electrons. The van der Waals surface area contributed by atoms with Crippen LogP contribution in [0.5, 0.6) is 5.75 Å². The molecule has 1 aromatic carbocycles. The highest BCUT2D eigenvalue weighted by Gasteiger charge is 2.28. The van der Waals surface area contributed by atoms with E-state index in [4.69, 9.17) is 15.6 Å². The molecule has 100 valence electrons. The zero-order chi connectivity index (χ0) is 13.8. The number of aliphatic hydroxyl groups excluding tert-OH is 1. The number of aliphatic hydroxyl groups is 1. The zero-order valence-corrected chi connectivity index (χ0v) is 9.74. The lowest BCUT2D eigenvalue weighted by atomic mass is 10.1. The molecule has 0 spiro atoms. The van der Waals surface area contributed by atoms with Crippen LogP contribution in [0.1, 0.15) is 10.4 Å². The molecule has 0 aliphatic carbocycles. The number of benzene rings is 1. The Hall–Kier alpha value is -1.89. The molecule has 7 heteroatoms. The predicted octanol–water partition coefficient (Wildman–Crippen LogP) is 0.635. The number of rotatable bonds is 5. The third-order valence-corrected chi connectivity index (χ3v) is 2.27. The second-order valence-electron chi connectivity index (χ2n) is 3.62. The summed E-state index contributed by atoms with van der Waals surface area (Å²) < 4.78 is 30.4. The van der Waals surface area contributed by atoms with Gasteiger partial charge in [0.15, 0.2) is 0 Å². The fourth-order valence-corrected chi connectivity index (χ4v) is 1.28. The maximum atomic E-state index is 12.8. The molecule has 4 N–H and O–H groups in total. The molecule has 18 heavy (non-hydrogen) atoms. The molecule has 1 aromatic rings. The first kappa shape index (κ1) is 14.2. The molecule has 0 heterocycles. The van der Waals surface area contributed by atoms with Gasteiger partial charge in [0.05, 0.1) is 24.9 Å². The van der Waals surface area contributed by atoms with E-state index in [1.165, 1.54) is 19.2 Å². The van der Waals surface area contributed by atoms with E-state index < -0.39 is 25.0 Å². The van der Waals surface area contributed by atoms with Gasteiger partial charge >= 0.3 is 0 Å². The van der Waals surface area contributed by atoms with Crippen LogP contribution in [0.2, 0.25) is 0 Å². The molecule has 0 aliphatic heterocycles. The van der Waals surface area contributed by atoms with Gasteiger partial charge in [0.1, 0.15) is 12.4 Å². The molecule has 5 nitrogen and oxygen atoms in total. The summed E-state index contributed by atoms with van der Waals surface area (Å²) in [5, 5.41) is 10.4. The highest BCUT2D eigenvalue weighted by molar-refractivity contribution is 6.00. The van der Waals surface area contributed by atoms with E-state index in [0.29, 0.717) is 0 Å². The summed E-state index contributed by atoms with van der Waals surface area (Å²) in [5.41, 5.74) is 5.76. The van der Waals surface area contributed by atoms with Crippen LogP contribution in [0.25, 0.3) is 0 Å². The molecule has 0 atom stereocenters. The first-order chi connectivity index (χ1) is 8.41. The lowest BCUT2D eigenvalue weighted by Gasteiger charge is -2.15. The monoisotopic (exact) mass is 260 g/mol. The quantitative estimate of drug-likeness (QED) is 0.678. The number of anilines is 1. The first-order valence-electron chi connectivity index (χ1n) is 5.10. The second-order valence-corrected chi connectivity index (χ2v) is 3.62.